The maximum Gasteiger partial charge on any atom is 0.325 e. The minimum absolute atomic E-state index is 0.0458. The average molecular weight is 450 g/mol. The molecule has 1 aliphatic heterocycles. The van der Waals surface area contributed by atoms with Crippen LogP contribution in [0.2, 0.25) is 0 Å². The highest BCUT2D eigenvalue weighted by Crippen LogP contribution is 2.28. The smallest absolute Gasteiger partial charge is 0.325 e. The molecular weight excluding hydrogens is 414 g/mol. The van der Waals surface area contributed by atoms with Crippen molar-refractivity contribution in [3.05, 3.63) is 64.5 Å². The van der Waals surface area contributed by atoms with Crippen molar-refractivity contribution in [2.45, 2.75) is 64.3 Å². The van der Waals surface area contributed by atoms with Gasteiger partial charge in [-0.25, -0.2) is 0 Å². The van der Waals surface area contributed by atoms with Crippen LogP contribution in [0.15, 0.2) is 36.4 Å². The van der Waals surface area contributed by atoms with Gasteiger partial charge in [0.05, 0.1) is 0 Å². The molecule has 6 heteroatoms. The van der Waals surface area contributed by atoms with Crippen LogP contribution in [0.5, 0.6) is 0 Å². The van der Waals surface area contributed by atoms with Gasteiger partial charge in [0.15, 0.2) is 0 Å². The third-order valence-electron chi connectivity index (χ3n) is 7.04. The first kappa shape index (κ1) is 23.4. The average Bonchev–Trinajstić information content (AvgIpc) is 2.83. The van der Waals surface area contributed by atoms with Crippen molar-refractivity contribution in [3.8, 4) is 0 Å². The number of rotatable bonds is 8. The number of benzene rings is 1. The van der Waals surface area contributed by atoms with E-state index >= 15 is 0 Å². The van der Waals surface area contributed by atoms with Crippen LogP contribution in [0.1, 0.15) is 66.2 Å². The second kappa shape index (κ2) is 10.9. The number of fused-ring (bicyclic) bond motifs is 1. The summed E-state index contributed by atoms with van der Waals surface area (Å²) in [7, 11) is 0. The molecule has 1 aliphatic carbocycles. The number of carbonyl (C=O) groups excluding carboxylic acids is 1. The molecule has 2 N–H and O–H groups in total. The van der Waals surface area contributed by atoms with Crippen molar-refractivity contribution in [2.24, 2.45) is 5.92 Å². The highest BCUT2D eigenvalue weighted by Gasteiger charge is 2.32. The maximum absolute atomic E-state index is 12.7. The summed E-state index contributed by atoms with van der Waals surface area (Å²) >= 11 is 0. The van der Waals surface area contributed by atoms with E-state index in [9.17, 15) is 14.7 Å². The molecule has 176 valence electrons. The third-order valence-corrected chi connectivity index (χ3v) is 7.04. The lowest BCUT2D eigenvalue weighted by Gasteiger charge is -2.35. The first-order chi connectivity index (χ1) is 16.0. The van der Waals surface area contributed by atoms with Crippen LogP contribution in [-0.2, 0) is 28.9 Å². The predicted octanol–water partition coefficient (Wildman–Crippen LogP) is 3.86. The Bertz CT molecular complexity index is 965. The van der Waals surface area contributed by atoms with Gasteiger partial charge in [-0.3, -0.25) is 19.5 Å². The van der Waals surface area contributed by atoms with Crippen LogP contribution in [0.25, 0.3) is 0 Å². The molecule has 0 saturated carbocycles. The summed E-state index contributed by atoms with van der Waals surface area (Å²) in [6.07, 6.45) is 7.87. The fourth-order valence-corrected chi connectivity index (χ4v) is 5.07. The van der Waals surface area contributed by atoms with Gasteiger partial charge < -0.3 is 10.4 Å². The van der Waals surface area contributed by atoms with Crippen molar-refractivity contribution in [2.75, 3.05) is 19.6 Å². The zero-order valence-electron chi connectivity index (χ0n) is 19.6. The summed E-state index contributed by atoms with van der Waals surface area (Å²) in [5.41, 5.74) is 5.69. The number of hydrogen-bond donors (Lipinski definition) is 2. The number of carboxylic acids is 1. The van der Waals surface area contributed by atoms with Gasteiger partial charge in [-0.05, 0) is 75.5 Å². The van der Waals surface area contributed by atoms with Crippen LogP contribution in [0, 0.1) is 12.8 Å². The number of nitrogens with one attached hydrogen (secondary N) is 1. The van der Waals surface area contributed by atoms with E-state index in [-0.39, 0.29) is 11.8 Å². The van der Waals surface area contributed by atoms with E-state index in [2.05, 4.69) is 17.4 Å². The van der Waals surface area contributed by atoms with Gasteiger partial charge >= 0.3 is 5.97 Å². The molecule has 1 saturated heterocycles. The van der Waals surface area contributed by atoms with Crippen molar-refractivity contribution in [1.82, 2.24) is 15.2 Å². The lowest BCUT2D eigenvalue weighted by molar-refractivity contribution is -0.144. The number of aryl methyl sites for hydroxylation is 4. The number of likely N-dealkylation sites (tertiary alicyclic amines) is 1. The van der Waals surface area contributed by atoms with Crippen LogP contribution >= 0.6 is 0 Å². The van der Waals surface area contributed by atoms with Gasteiger partial charge in [0.2, 0.25) is 5.91 Å². The van der Waals surface area contributed by atoms with Crippen LogP contribution in [0.3, 0.4) is 0 Å². The molecule has 33 heavy (non-hydrogen) atoms. The van der Waals surface area contributed by atoms with Gasteiger partial charge in [0.1, 0.15) is 6.04 Å². The molecule has 2 heterocycles. The first-order valence-electron chi connectivity index (χ1n) is 12.3. The number of nitrogens with zero attached hydrogens (tertiary/aromatic N) is 2. The van der Waals surface area contributed by atoms with E-state index in [1.54, 1.807) is 0 Å². The van der Waals surface area contributed by atoms with Crippen molar-refractivity contribution < 1.29 is 14.7 Å². The number of aromatic nitrogens is 1. The predicted molar refractivity (Wildman–Crippen MR) is 128 cm³/mol. The summed E-state index contributed by atoms with van der Waals surface area (Å²) in [6.45, 7) is 3.87. The third kappa shape index (κ3) is 5.99. The highest BCUT2D eigenvalue weighted by molar-refractivity contribution is 5.79. The van der Waals surface area contributed by atoms with Crippen LogP contribution in [-0.4, -0.2) is 46.5 Å². The highest BCUT2D eigenvalue weighted by atomic mass is 16.4. The fourth-order valence-electron chi connectivity index (χ4n) is 5.07. The second-order valence-electron chi connectivity index (χ2n) is 9.47. The zero-order valence-corrected chi connectivity index (χ0v) is 19.6. The molecule has 2 aromatic rings. The summed E-state index contributed by atoms with van der Waals surface area (Å²) in [6, 6.07) is 11.4. The molecule has 6 nitrogen and oxygen atoms in total. The van der Waals surface area contributed by atoms with Crippen molar-refractivity contribution in [1.29, 1.82) is 0 Å². The van der Waals surface area contributed by atoms with Crippen molar-refractivity contribution >= 4 is 11.9 Å². The van der Waals surface area contributed by atoms with Gasteiger partial charge in [-0.1, -0.05) is 35.9 Å². The normalized spacial score (nSPS) is 17.8. The number of carbonyl (C=O) groups is 2. The molecule has 1 unspecified atom stereocenters. The zero-order chi connectivity index (χ0) is 23.2. The molecule has 0 radical (unpaired) electrons. The van der Waals surface area contributed by atoms with Crippen LogP contribution < -0.4 is 5.32 Å². The number of pyridine rings is 1. The first-order valence-corrected chi connectivity index (χ1v) is 12.3. The molecule has 2 aliphatic rings. The quantitative estimate of drug-likeness (QED) is 0.598. The minimum Gasteiger partial charge on any atom is -0.480 e. The van der Waals surface area contributed by atoms with E-state index < -0.39 is 12.0 Å². The Kier molecular flexibility index (Phi) is 7.76. The molecule has 1 atom stereocenters. The lowest BCUT2D eigenvalue weighted by atomic mass is 9.93. The largest absolute Gasteiger partial charge is 0.480 e. The number of aliphatic carboxylic acids is 1. The molecule has 4 rings (SSSR count). The Labute approximate surface area is 196 Å². The Morgan fingerprint density at radius 3 is 2.55 bits per heavy atom. The standard InChI is InChI=1S/C27H35N3O3/c1-19-8-10-21(11-9-19)25(27(32)33)30-17-14-22(15-18-30)26(31)28-16-4-6-23-13-12-20-5-2-3-7-24(20)29-23/h8-13,22,25H,2-7,14-18H2,1H3,(H,28,31)(H,32,33). The summed E-state index contributed by atoms with van der Waals surface area (Å²) in [4.78, 5) is 31.4. The van der Waals surface area contributed by atoms with E-state index in [0.29, 0.717) is 32.5 Å². The van der Waals surface area contributed by atoms with E-state index in [1.165, 1.54) is 24.1 Å². The van der Waals surface area contributed by atoms with Gasteiger partial charge in [-0.15, -0.1) is 0 Å². The van der Waals surface area contributed by atoms with Gasteiger partial charge in [-0.2, -0.15) is 0 Å². The Balaban J connectivity index is 1.21. The Hall–Kier alpha value is -2.73. The summed E-state index contributed by atoms with van der Waals surface area (Å²) < 4.78 is 0. The van der Waals surface area contributed by atoms with E-state index in [0.717, 1.165) is 42.5 Å². The second-order valence-corrected chi connectivity index (χ2v) is 9.47. The van der Waals surface area contributed by atoms with E-state index in [4.69, 9.17) is 4.98 Å². The summed E-state index contributed by atoms with van der Waals surface area (Å²) in [5, 5.41) is 12.9. The Morgan fingerprint density at radius 1 is 1.09 bits per heavy atom. The van der Waals surface area contributed by atoms with E-state index in [1.807, 2.05) is 36.1 Å². The number of hydrogen-bond acceptors (Lipinski definition) is 4. The van der Waals surface area contributed by atoms with Gasteiger partial charge in [0.25, 0.3) is 0 Å². The maximum atomic E-state index is 12.7. The number of carboxylic acid groups (broad SMARTS) is 1. The molecule has 1 amide bonds. The molecule has 1 aromatic carbocycles. The number of amides is 1. The van der Waals surface area contributed by atoms with Crippen LogP contribution in [0.4, 0.5) is 0 Å². The Morgan fingerprint density at radius 2 is 1.82 bits per heavy atom. The van der Waals surface area contributed by atoms with Crippen molar-refractivity contribution in [3.63, 3.8) is 0 Å². The fraction of sp³-hybridized carbons (Fsp3) is 0.519. The number of piperidine rings is 1. The molecule has 1 fully saturated rings. The van der Waals surface area contributed by atoms with Gasteiger partial charge in [0, 0.05) is 36.9 Å². The molecule has 1 aromatic heterocycles. The lowest BCUT2D eigenvalue weighted by Crippen LogP contribution is -2.44. The monoisotopic (exact) mass is 449 g/mol. The minimum atomic E-state index is -0.836. The topological polar surface area (TPSA) is 82.5 Å². The molecule has 0 bridgehead atoms. The SMILES string of the molecule is Cc1ccc(C(C(=O)O)N2CCC(C(=O)NCCCc3ccc4c(n3)CCCC4)CC2)cc1. The molecular formula is C27H35N3O3. The summed E-state index contributed by atoms with van der Waals surface area (Å²) in [5.74, 6) is -0.789. The molecule has 0 spiro atoms.